The van der Waals surface area contributed by atoms with Crippen molar-refractivity contribution in [3.63, 3.8) is 0 Å². The van der Waals surface area contributed by atoms with E-state index in [1.54, 1.807) is 0 Å². The lowest BCUT2D eigenvalue weighted by atomic mass is 10.1. The zero-order valence-electron chi connectivity index (χ0n) is 14.6. The van der Waals surface area contributed by atoms with Crippen LogP contribution in [0.4, 0.5) is 0 Å². The Kier molecular flexibility index (Phi) is 7.34. The van der Waals surface area contributed by atoms with Gasteiger partial charge in [0.2, 0.25) is 0 Å². The first kappa shape index (κ1) is 18.1. The number of carbonyl (C=O) groups excluding carboxylic acids is 1. The summed E-state index contributed by atoms with van der Waals surface area (Å²) in [6, 6.07) is 17.8. The molecule has 0 aromatic heterocycles. The maximum Gasteiger partial charge on any atom is 0.251 e. The highest BCUT2D eigenvalue weighted by Crippen LogP contribution is 2.13. The number of benzene rings is 2. The predicted molar refractivity (Wildman–Crippen MR) is 98.5 cm³/mol. The topological polar surface area (TPSA) is 38.3 Å². The Morgan fingerprint density at radius 1 is 1.08 bits per heavy atom. The molecule has 0 saturated carbocycles. The predicted octanol–water partition coefficient (Wildman–Crippen LogP) is 4.62. The highest BCUT2D eigenvalue weighted by atomic mass is 16.5. The molecular formula is C21H27NO2. The second-order valence-electron chi connectivity index (χ2n) is 6.13. The average molecular weight is 325 g/mol. The molecule has 0 fully saturated rings. The van der Waals surface area contributed by atoms with Crippen LogP contribution in [-0.2, 0) is 6.42 Å². The third-order valence-electron chi connectivity index (χ3n) is 3.97. The molecule has 3 nitrogen and oxygen atoms in total. The molecule has 1 amide bonds. The number of unbranched alkanes of at least 4 members (excludes halogenated alkanes) is 1. The van der Waals surface area contributed by atoms with Crippen LogP contribution in [0, 0.1) is 0 Å². The molecule has 0 aliphatic carbocycles. The Balaban J connectivity index is 1.78. The molecule has 3 heteroatoms. The van der Waals surface area contributed by atoms with E-state index in [-0.39, 0.29) is 11.9 Å². The Hall–Kier alpha value is -2.29. The Morgan fingerprint density at radius 3 is 2.46 bits per heavy atom. The Bertz CT molecular complexity index is 607. The molecule has 0 radical (unpaired) electrons. The van der Waals surface area contributed by atoms with Crippen LogP contribution in [0.3, 0.4) is 0 Å². The number of ether oxygens (including phenoxy) is 1. The zero-order valence-corrected chi connectivity index (χ0v) is 14.6. The van der Waals surface area contributed by atoms with E-state index in [1.807, 2.05) is 49.4 Å². The summed E-state index contributed by atoms with van der Waals surface area (Å²) in [5.41, 5.74) is 1.97. The highest BCUT2D eigenvalue weighted by molar-refractivity contribution is 5.94. The monoisotopic (exact) mass is 325 g/mol. The summed E-state index contributed by atoms with van der Waals surface area (Å²) >= 11 is 0. The van der Waals surface area contributed by atoms with E-state index < -0.39 is 0 Å². The van der Waals surface area contributed by atoms with Gasteiger partial charge < -0.3 is 10.1 Å². The SMILES string of the molecule is CCCCOc1ccc(C(=O)N[C@@H](C)CCc2ccccc2)cc1. The van der Waals surface area contributed by atoms with Crippen LogP contribution < -0.4 is 10.1 Å². The number of aryl methyl sites for hydroxylation is 1. The van der Waals surface area contributed by atoms with Crippen molar-refractivity contribution >= 4 is 5.91 Å². The van der Waals surface area contributed by atoms with Gasteiger partial charge in [0.05, 0.1) is 6.61 Å². The maximum atomic E-state index is 12.3. The number of hydrogen-bond donors (Lipinski definition) is 1. The van der Waals surface area contributed by atoms with E-state index in [9.17, 15) is 4.79 Å². The van der Waals surface area contributed by atoms with Crippen molar-refractivity contribution in [2.45, 2.75) is 45.6 Å². The number of carbonyl (C=O) groups is 1. The fraction of sp³-hybridized carbons (Fsp3) is 0.381. The summed E-state index contributed by atoms with van der Waals surface area (Å²) in [5, 5.41) is 3.06. The van der Waals surface area contributed by atoms with Gasteiger partial charge in [-0.2, -0.15) is 0 Å². The summed E-state index contributed by atoms with van der Waals surface area (Å²) in [6.07, 6.45) is 4.04. The van der Waals surface area contributed by atoms with Gasteiger partial charge in [0.1, 0.15) is 5.75 Å². The smallest absolute Gasteiger partial charge is 0.251 e. The van der Waals surface area contributed by atoms with Crippen LogP contribution in [0.15, 0.2) is 54.6 Å². The minimum atomic E-state index is -0.0318. The van der Waals surface area contributed by atoms with Gasteiger partial charge >= 0.3 is 0 Å². The minimum Gasteiger partial charge on any atom is -0.494 e. The lowest BCUT2D eigenvalue weighted by molar-refractivity contribution is 0.0938. The molecule has 2 aromatic carbocycles. The van der Waals surface area contributed by atoms with Gasteiger partial charge in [-0.15, -0.1) is 0 Å². The third-order valence-corrected chi connectivity index (χ3v) is 3.97. The lowest BCUT2D eigenvalue weighted by Crippen LogP contribution is -2.32. The quantitative estimate of drug-likeness (QED) is 0.683. The summed E-state index contributed by atoms with van der Waals surface area (Å²) in [6.45, 7) is 4.90. The van der Waals surface area contributed by atoms with Crippen LogP contribution in [0.1, 0.15) is 49.0 Å². The van der Waals surface area contributed by atoms with Crippen molar-refractivity contribution in [2.75, 3.05) is 6.61 Å². The standard InChI is InChI=1S/C21H27NO2/c1-3-4-16-24-20-14-12-19(13-15-20)21(23)22-17(2)10-11-18-8-6-5-7-9-18/h5-9,12-15,17H,3-4,10-11,16H2,1-2H3,(H,22,23)/t17-/m0/s1. The molecule has 1 N–H and O–H groups in total. The van der Waals surface area contributed by atoms with Crippen LogP contribution in [0.25, 0.3) is 0 Å². The molecule has 2 rings (SSSR count). The third kappa shape index (κ3) is 6.07. The lowest BCUT2D eigenvalue weighted by Gasteiger charge is -2.14. The van der Waals surface area contributed by atoms with Crippen LogP contribution in [0.5, 0.6) is 5.75 Å². The van der Waals surface area contributed by atoms with Gasteiger partial charge in [-0.25, -0.2) is 0 Å². The van der Waals surface area contributed by atoms with E-state index >= 15 is 0 Å². The first-order valence-corrected chi connectivity index (χ1v) is 8.76. The summed E-state index contributed by atoms with van der Waals surface area (Å²) in [4.78, 5) is 12.3. The summed E-state index contributed by atoms with van der Waals surface area (Å²) < 4.78 is 5.62. The van der Waals surface area contributed by atoms with E-state index in [1.165, 1.54) is 5.56 Å². The van der Waals surface area contributed by atoms with Crippen molar-refractivity contribution in [2.24, 2.45) is 0 Å². The summed E-state index contributed by atoms with van der Waals surface area (Å²) in [5.74, 6) is 0.785. The Labute approximate surface area is 145 Å². The zero-order chi connectivity index (χ0) is 17.2. The van der Waals surface area contributed by atoms with Gasteiger partial charge in [-0.3, -0.25) is 4.79 Å². The molecule has 128 valence electrons. The van der Waals surface area contributed by atoms with E-state index in [4.69, 9.17) is 4.74 Å². The maximum absolute atomic E-state index is 12.3. The second-order valence-corrected chi connectivity index (χ2v) is 6.13. The highest BCUT2D eigenvalue weighted by Gasteiger charge is 2.10. The van der Waals surface area contributed by atoms with Crippen LogP contribution in [0.2, 0.25) is 0 Å². The van der Waals surface area contributed by atoms with E-state index in [0.29, 0.717) is 5.56 Å². The van der Waals surface area contributed by atoms with Crippen molar-refractivity contribution in [3.05, 3.63) is 65.7 Å². The summed E-state index contributed by atoms with van der Waals surface area (Å²) in [7, 11) is 0. The molecule has 0 bridgehead atoms. The van der Waals surface area contributed by atoms with Crippen molar-refractivity contribution in [3.8, 4) is 5.75 Å². The molecule has 0 spiro atoms. The van der Waals surface area contributed by atoms with Gasteiger partial charge in [0, 0.05) is 11.6 Å². The molecule has 0 heterocycles. The number of amides is 1. The number of nitrogens with one attached hydrogen (secondary N) is 1. The number of hydrogen-bond acceptors (Lipinski definition) is 2. The molecule has 1 atom stereocenters. The minimum absolute atomic E-state index is 0.0318. The first-order valence-electron chi connectivity index (χ1n) is 8.76. The van der Waals surface area contributed by atoms with Crippen LogP contribution in [-0.4, -0.2) is 18.6 Å². The van der Waals surface area contributed by atoms with Crippen LogP contribution >= 0.6 is 0 Å². The Morgan fingerprint density at radius 2 is 1.79 bits per heavy atom. The molecule has 0 saturated heterocycles. The van der Waals surface area contributed by atoms with Crippen molar-refractivity contribution in [1.82, 2.24) is 5.32 Å². The first-order chi connectivity index (χ1) is 11.7. The number of rotatable bonds is 9. The molecule has 2 aromatic rings. The van der Waals surface area contributed by atoms with Crippen molar-refractivity contribution in [1.29, 1.82) is 0 Å². The average Bonchev–Trinajstić information content (AvgIpc) is 2.61. The van der Waals surface area contributed by atoms with Crippen molar-refractivity contribution < 1.29 is 9.53 Å². The van der Waals surface area contributed by atoms with Gasteiger partial charge in [-0.1, -0.05) is 43.7 Å². The normalized spacial score (nSPS) is 11.8. The molecule has 0 aliphatic rings. The van der Waals surface area contributed by atoms with Gasteiger partial charge in [0.25, 0.3) is 5.91 Å². The molecular weight excluding hydrogens is 298 g/mol. The second kappa shape index (κ2) is 9.76. The fourth-order valence-electron chi connectivity index (χ4n) is 2.44. The largest absolute Gasteiger partial charge is 0.494 e. The van der Waals surface area contributed by atoms with E-state index in [2.05, 4.69) is 24.4 Å². The van der Waals surface area contributed by atoms with Gasteiger partial charge in [-0.05, 0) is 56.0 Å². The molecule has 0 aliphatic heterocycles. The fourth-order valence-corrected chi connectivity index (χ4v) is 2.44. The molecule has 0 unspecified atom stereocenters. The van der Waals surface area contributed by atoms with Gasteiger partial charge in [0.15, 0.2) is 0 Å². The molecule has 24 heavy (non-hydrogen) atoms. The van der Waals surface area contributed by atoms with E-state index in [0.717, 1.165) is 38.0 Å².